The van der Waals surface area contributed by atoms with Crippen LogP contribution >= 0.6 is 21.6 Å². The summed E-state index contributed by atoms with van der Waals surface area (Å²) in [4.78, 5) is 11.3. The Morgan fingerprint density at radius 2 is 2.00 bits per heavy atom. The van der Waals surface area contributed by atoms with Crippen molar-refractivity contribution in [1.29, 1.82) is 0 Å². The van der Waals surface area contributed by atoms with Crippen LogP contribution in [0.2, 0.25) is 0 Å². The van der Waals surface area contributed by atoms with Crippen molar-refractivity contribution in [2.24, 2.45) is 0 Å². The predicted molar refractivity (Wildman–Crippen MR) is 65.3 cm³/mol. The molecule has 88 valence electrons. The molecule has 15 heavy (non-hydrogen) atoms. The Morgan fingerprint density at radius 1 is 1.33 bits per heavy atom. The van der Waals surface area contributed by atoms with Crippen LogP contribution in [0, 0.1) is 0 Å². The van der Waals surface area contributed by atoms with Crippen LogP contribution in [-0.2, 0) is 9.47 Å². The van der Waals surface area contributed by atoms with Crippen LogP contribution in [-0.4, -0.2) is 29.9 Å². The highest BCUT2D eigenvalue weighted by atomic mass is 33.1. The number of rotatable bonds is 5. The molecule has 0 saturated carbocycles. The summed E-state index contributed by atoms with van der Waals surface area (Å²) in [5.74, 6) is 1.70. The second kappa shape index (κ2) is 6.53. The van der Waals surface area contributed by atoms with Gasteiger partial charge in [-0.05, 0) is 13.3 Å². The Balaban J connectivity index is 2.12. The van der Waals surface area contributed by atoms with Crippen molar-refractivity contribution in [1.82, 2.24) is 0 Å². The van der Waals surface area contributed by atoms with Crippen LogP contribution < -0.4 is 0 Å². The minimum atomic E-state index is -0.517. The molecule has 0 amide bonds. The fraction of sp³-hybridized carbons (Fsp3) is 0.900. The third-order valence-electron chi connectivity index (χ3n) is 2.11. The lowest BCUT2D eigenvalue weighted by Crippen LogP contribution is -2.34. The summed E-state index contributed by atoms with van der Waals surface area (Å²) >= 11 is 0. The molecule has 1 saturated heterocycles. The lowest BCUT2D eigenvalue weighted by Gasteiger charge is -2.21. The van der Waals surface area contributed by atoms with Crippen LogP contribution in [0.25, 0.3) is 0 Å². The lowest BCUT2D eigenvalue weighted by molar-refractivity contribution is -0.00236. The first-order valence-electron chi connectivity index (χ1n) is 5.26. The maximum Gasteiger partial charge on any atom is 0.508 e. The Hall–Kier alpha value is -0.0300. The zero-order valence-corrected chi connectivity index (χ0v) is 10.9. The fourth-order valence-electron chi connectivity index (χ4n) is 1.17. The van der Waals surface area contributed by atoms with Gasteiger partial charge in [0.15, 0.2) is 0 Å². The Kier molecular flexibility index (Phi) is 5.68. The molecule has 0 aromatic rings. The van der Waals surface area contributed by atoms with Crippen molar-refractivity contribution < 1.29 is 14.3 Å². The number of carbonyl (C=O) groups excluding carboxylic acids is 1. The Bertz CT molecular complexity index is 203. The molecular formula is C10H18O3S2. The summed E-state index contributed by atoms with van der Waals surface area (Å²) in [7, 11) is 3.48. The topological polar surface area (TPSA) is 35.5 Å². The van der Waals surface area contributed by atoms with Gasteiger partial charge in [0.25, 0.3) is 0 Å². The van der Waals surface area contributed by atoms with E-state index in [-0.39, 0.29) is 5.60 Å². The summed E-state index contributed by atoms with van der Waals surface area (Å²) in [6, 6.07) is 0. The summed E-state index contributed by atoms with van der Waals surface area (Å²) < 4.78 is 10.3. The van der Waals surface area contributed by atoms with E-state index in [0.717, 1.165) is 30.8 Å². The number of carbonyl (C=O) groups is 1. The Morgan fingerprint density at radius 3 is 2.60 bits per heavy atom. The van der Waals surface area contributed by atoms with Crippen LogP contribution in [0.4, 0.5) is 4.79 Å². The van der Waals surface area contributed by atoms with E-state index >= 15 is 0 Å². The quantitative estimate of drug-likeness (QED) is 0.424. The SMILES string of the molecule is CCCCCOC(=O)OC1(C)CSSC1. The molecule has 0 aromatic carbocycles. The number of hydrogen-bond acceptors (Lipinski definition) is 5. The van der Waals surface area contributed by atoms with E-state index in [1.807, 2.05) is 6.92 Å². The summed E-state index contributed by atoms with van der Waals surface area (Å²) in [5.41, 5.74) is -0.336. The van der Waals surface area contributed by atoms with Gasteiger partial charge in [0, 0.05) is 11.5 Å². The number of unbranched alkanes of at least 4 members (excludes halogenated alkanes) is 2. The maximum absolute atomic E-state index is 11.3. The number of ether oxygens (including phenoxy) is 2. The number of hydrogen-bond donors (Lipinski definition) is 0. The molecule has 1 aliphatic heterocycles. The van der Waals surface area contributed by atoms with E-state index in [1.54, 1.807) is 21.6 Å². The minimum Gasteiger partial charge on any atom is -0.434 e. The van der Waals surface area contributed by atoms with Crippen molar-refractivity contribution in [2.45, 2.75) is 38.7 Å². The van der Waals surface area contributed by atoms with Gasteiger partial charge in [-0.2, -0.15) is 0 Å². The van der Waals surface area contributed by atoms with E-state index < -0.39 is 6.16 Å². The van der Waals surface area contributed by atoms with Crippen molar-refractivity contribution in [3.8, 4) is 0 Å². The van der Waals surface area contributed by atoms with Gasteiger partial charge >= 0.3 is 6.16 Å². The van der Waals surface area contributed by atoms with Gasteiger partial charge in [0.2, 0.25) is 0 Å². The summed E-state index contributed by atoms with van der Waals surface area (Å²) in [6.45, 7) is 4.54. The van der Waals surface area contributed by atoms with Gasteiger partial charge in [0.1, 0.15) is 5.60 Å². The smallest absolute Gasteiger partial charge is 0.434 e. The predicted octanol–water partition coefficient (Wildman–Crippen LogP) is 3.48. The van der Waals surface area contributed by atoms with Gasteiger partial charge in [-0.15, -0.1) is 0 Å². The van der Waals surface area contributed by atoms with Gasteiger partial charge < -0.3 is 9.47 Å². The standard InChI is InChI=1S/C10H18O3S2/c1-3-4-5-6-12-9(11)13-10(2)7-14-15-8-10/h3-8H2,1-2H3. The normalized spacial score (nSPS) is 18.8. The molecule has 3 nitrogen and oxygen atoms in total. The molecular weight excluding hydrogens is 232 g/mol. The van der Waals surface area contributed by atoms with E-state index in [9.17, 15) is 4.79 Å². The first-order chi connectivity index (χ1) is 7.16. The molecule has 0 atom stereocenters. The molecule has 0 aromatic heterocycles. The highest BCUT2D eigenvalue weighted by Gasteiger charge is 2.34. The van der Waals surface area contributed by atoms with Crippen molar-refractivity contribution in [3.05, 3.63) is 0 Å². The second-order valence-electron chi connectivity index (χ2n) is 3.88. The monoisotopic (exact) mass is 250 g/mol. The molecule has 1 aliphatic rings. The third kappa shape index (κ3) is 5.02. The van der Waals surface area contributed by atoms with Crippen molar-refractivity contribution in [3.63, 3.8) is 0 Å². The highest BCUT2D eigenvalue weighted by Crippen LogP contribution is 2.39. The zero-order valence-electron chi connectivity index (χ0n) is 9.28. The van der Waals surface area contributed by atoms with Crippen molar-refractivity contribution >= 4 is 27.7 Å². The van der Waals surface area contributed by atoms with Crippen LogP contribution in [0.15, 0.2) is 0 Å². The molecule has 1 fully saturated rings. The van der Waals surface area contributed by atoms with Crippen LogP contribution in [0.5, 0.6) is 0 Å². The minimum absolute atomic E-state index is 0.336. The van der Waals surface area contributed by atoms with E-state index in [0.29, 0.717) is 6.61 Å². The van der Waals surface area contributed by atoms with Crippen molar-refractivity contribution in [2.75, 3.05) is 18.1 Å². The molecule has 0 radical (unpaired) electrons. The average molecular weight is 250 g/mol. The zero-order chi connectivity index (χ0) is 11.1. The van der Waals surface area contributed by atoms with Gasteiger partial charge in [-0.25, -0.2) is 4.79 Å². The second-order valence-corrected chi connectivity index (χ2v) is 6.34. The molecule has 5 heteroatoms. The van der Waals surface area contributed by atoms with Gasteiger partial charge in [-0.1, -0.05) is 41.4 Å². The Labute approximate surface area is 99.1 Å². The first-order valence-corrected chi connectivity index (χ1v) is 7.75. The third-order valence-corrected chi connectivity index (χ3v) is 4.94. The molecule has 1 heterocycles. The van der Waals surface area contributed by atoms with E-state index in [1.165, 1.54) is 0 Å². The van der Waals surface area contributed by atoms with E-state index in [2.05, 4.69) is 6.92 Å². The largest absolute Gasteiger partial charge is 0.508 e. The lowest BCUT2D eigenvalue weighted by atomic mass is 10.2. The van der Waals surface area contributed by atoms with Crippen LogP contribution in [0.3, 0.4) is 0 Å². The highest BCUT2D eigenvalue weighted by molar-refractivity contribution is 8.77. The van der Waals surface area contributed by atoms with Crippen LogP contribution in [0.1, 0.15) is 33.1 Å². The maximum atomic E-state index is 11.3. The molecule has 1 rings (SSSR count). The molecule has 0 aliphatic carbocycles. The molecule has 0 bridgehead atoms. The summed E-state index contributed by atoms with van der Waals surface area (Å²) in [5, 5.41) is 0. The molecule has 0 N–H and O–H groups in total. The summed E-state index contributed by atoms with van der Waals surface area (Å²) in [6.07, 6.45) is 2.63. The fourth-order valence-corrected chi connectivity index (χ4v) is 4.28. The first kappa shape index (κ1) is 13.0. The van der Waals surface area contributed by atoms with E-state index in [4.69, 9.17) is 9.47 Å². The average Bonchev–Trinajstić information content (AvgIpc) is 2.59. The van der Waals surface area contributed by atoms with Gasteiger partial charge in [0.05, 0.1) is 6.61 Å². The van der Waals surface area contributed by atoms with Gasteiger partial charge in [-0.3, -0.25) is 0 Å². The molecule has 0 unspecified atom stereocenters. The molecule has 0 spiro atoms.